The molecule has 1 aromatic heterocycles. The largest absolute Gasteiger partial charge is 0.497 e. The molecule has 27 heavy (non-hydrogen) atoms. The molecule has 2 aromatic rings. The smallest absolute Gasteiger partial charge is 0.241 e. The molecule has 1 aromatic carbocycles. The number of nitrogens with one attached hydrogen (secondary N) is 2. The summed E-state index contributed by atoms with van der Waals surface area (Å²) < 4.78 is 7.13. The highest BCUT2D eigenvalue weighted by Crippen LogP contribution is 2.25. The van der Waals surface area contributed by atoms with Crippen LogP contribution in [0, 0.1) is 6.92 Å². The number of nitrogens with zero attached hydrogens (tertiary/aromatic N) is 3. The summed E-state index contributed by atoms with van der Waals surface area (Å²) in [5, 5.41) is 4.30. The van der Waals surface area contributed by atoms with Gasteiger partial charge >= 0.3 is 0 Å². The molecule has 2 heterocycles. The van der Waals surface area contributed by atoms with Gasteiger partial charge in [0.2, 0.25) is 5.91 Å². The van der Waals surface area contributed by atoms with Gasteiger partial charge in [-0.05, 0) is 31.0 Å². The minimum absolute atomic E-state index is 0.0502. The zero-order chi connectivity index (χ0) is 19.4. The van der Waals surface area contributed by atoms with Gasteiger partial charge in [0.15, 0.2) is 0 Å². The third-order valence-electron chi connectivity index (χ3n) is 5.02. The fourth-order valence-electron chi connectivity index (χ4n) is 3.38. The van der Waals surface area contributed by atoms with E-state index in [0.29, 0.717) is 19.5 Å². The Bertz CT molecular complexity index is 816. The lowest BCUT2D eigenvalue weighted by atomic mass is 10.0. The Kier molecular flexibility index (Phi) is 5.93. The van der Waals surface area contributed by atoms with E-state index in [1.165, 1.54) is 0 Å². The predicted octanol–water partition coefficient (Wildman–Crippen LogP) is 1.86. The molecular weight excluding hydrogens is 342 g/mol. The number of methoxy groups -OCH3 is 1. The Labute approximate surface area is 160 Å². The summed E-state index contributed by atoms with van der Waals surface area (Å²) in [7, 11) is 3.56. The molecule has 2 unspecified atom stereocenters. The van der Waals surface area contributed by atoms with Crippen LogP contribution in [-0.4, -0.2) is 40.3 Å². The second kappa shape index (κ2) is 8.37. The summed E-state index contributed by atoms with van der Waals surface area (Å²) in [5.74, 6) is 0.834. The minimum atomic E-state index is -0.292. The summed E-state index contributed by atoms with van der Waals surface area (Å²) in [6, 6.07) is 7.54. The molecule has 1 saturated heterocycles. The molecule has 7 heteroatoms. The van der Waals surface area contributed by atoms with Gasteiger partial charge in [0.1, 0.15) is 11.8 Å². The van der Waals surface area contributed by atoms with Crippen LogP contribution in [0.4, 0.5) is 0 Å². The Balaban J connectivity index is 1.69. The molecule has 0 spiro atoms. The zero-order valence-corrected chi connectivity index (χ0v) is 16.1. The molecular formula is C20H27N5O2. The molecule has 1 aliphatic heterocycles. The van der Waals surface area contributed by atoms with Gasteiger partial charge in [-0.15, -0.1) is 6.58 Å². The number of carbonyl (C=O) groups is 1. The van der Waals surface area contributed by atoms with Crippen molar-refractivity contribution in [2.75, 3.05) is 13.7 Å². The molecule has 0 aliphatic carbocycles. The van der Waals surface area contributed by atoms with Crippen molar-refractivity contribution >= 4 is 5.91 Å². The number of rotatable bonds is 7. The van der Waals surface area contributed by atoms with Crippen LogP contribution < -0.4 is 15.6 Å². The highest BCUT2D eigenvalue weighted by molar-refractivity contribution is 5.82. The van der Waals surface area contributed by atoms with Gasteiger partial charge in [-0.25, -0.2) is 10.9 Å². The molecule has 7 nitrogen and oxygen atoms in total. The second-order valence-electron chi connectivity index (χ2n) is 6.80. The third kappa shape index (κ3) is 4.20. The lowest BCUT2D eigenvalue weighted by Gasteiger charge is -2.24. The molecule has 2 N–H and O–H groups in total. The Morgan fingerprint density at radius 3 is 2.96 bits per heavy atom. The van der Waals surface area contributed by atoms with Crippen molar-refractivity contribution in [1.29, 1.82) is 0 Å². The van der Waals surface area contributed by atoms with E-state index in [1.807, 2.05) is 49.1 Å². The van der Waals surface area contributed by atoms with Gasteiger partial charge in [0.05, 0.1) is 19.3 Å². The Hall–Kier alpha value is -2.64. The van der Waals surface area contributed by atoms with E-state index in [4.69, 9.17) is 4.74 Å². The zero-order valence-electron chi connectivity index (χ0n) is 16.1. The standard InChI is InChI=1S/C20H27N5O2/c1-5-9-25(13-15-7-6-8-16(10-15)27-4)20(26)19-11-18(22-23-19)17-12-21-24(3)14(17)2/h5-8,10,12,18-19,22-23H,1,9,11,13H2,2-4H3. The van der Waals surface area contributed by atoms with E-state index in [-0.39, 0.29) is 18.0 Å². The average molecular weight is 369 g/mol. The summed E-state index contributed by atoms with van der Waals surface area (Å²) in [4.78, 5) is 14.9. The third-order valence-corrected chi connectivity index (χ3v) is 5.02. The average Bonchev–Trinajstić information content (AvgIpc) is 3.28. The molecule has 0 radical (unpaired) electrons. The highest BCUT2D eigenvalue weighted by Gasteiger charge is 2.34. The predicted molar refractivity (Wildman–Crippen MR) is 104 cm³/mol. The van der Waals surface area contributed by atoms with E-state index in [9.17, 15) is 4.79 Å². The van der Waals surface area contributed by atoms with Crippen LogP contribution in [0.25, 0.3) is 0 Å². The molecule has 1 amide bonds. The molecule has 2 atom stereocenters. The normalized spacial score (nSPS) is 19.1. The van der Waals surface area contributed by atoms with Crippen molar-refractivity contribution in [3.8, 4) is 5.75 Å². The number of aromatic nitrogens is 2. The number of ether oxygens (including phenoxy) is 1. The van der Waals surface area contributed by atoms with Crippen molar-refractivity contribution in [2.45, 2.75) is 32.0 Å². The molecule has 0 bridgehead atoms. The van der Waals surface area contributed by atoms with E-state index < -0.39 is 0 Å². The molecule has 0 saturated carbocycles. The molecule has 1 fully saturated rings. The lowest BCUT2D eigenvalue weighted by Crippen LogP contribution is -2.45. The van der Waals surface area contributed by atoms with Gasteiger partial charge in [0, 0.05) is 31.4 Å². The first-order valence-electron chi connectivity index (χ1n) is 9.05. The van der Waals surface area contributed by atoms with Gasteiger partial charge in [-0.3, -0.25) is 9.48 Å². The summed E-state index contributed by atoms with van der Waals surface area (Å²) in [6.45, 7) is 6.83. The maximum absolute atomic E-state index is 13.1. The van der Waals surface area contributed by atoms with Gasteiger partial charge in [-0.2, -0.15) is 5.10 Å². The van der Waals surface area contributed by atoms with Crippen LogP contribution in [0.1, 0.15) is 29.3 Å². The minimum Gasteiger partial charge on any atom is -0.497 e. The number of benzene rings is 1. The quantitative estimate of drug-likeness (QED) is 0.729. The molecule has 1 aliphatic rings. The Morgan fingerprint density at radius 1 is 1.48 bits per heavy atom. The second-order valence-corrected chi connectivity index (χ2v) is 6.80. The van der Waals surface area contributed by atoms with Gasteiger partial charge < -0.3 is 9.64 Å². The lowest BCUT2D eigenvalue weighted by molar-refractivity contribution is -0.133. The van der Waals surface area contributed by atoms with Crippen LogP contribution in [0.15, 0.2) is 43.1 Å². The van der Waals surface area contributed by atoms with E-state index in [2.05, 4.69) is 22.5 Å². The van der Waals surface area contributed by atoms with Crippen molar-refractivity contribution in [3.63, 3.8) is 0 Å². The number of hydrazine groups is 1. The topological polar surface area (TPSA) is 71.4 Å². The molecule has 3 rings (SSSR count). The van der Waals surface area contributed by atoms with Crippen molar-refractivity contribution in [2.24, 2.45) is 7.05 Å². The maximum atomic E-state index is 13.1. The molecule has 144 valence electrons. The number of carbonyl (C=O) groups excluding carboxylic acids is 1. The first kappa shape index (κ1) is 19.1. The monoisotopic (exact) mass is 369 g/mol. The maximum Gasteiger partial charge on any atom is 0.241 e. The van der Waals surface area contributed by atoms with Crippen LogP contribution in [0.5, 0.6) is 5.75 Å². The van der Waals surface area contributed by atoms with E-state index >= 15 is 0 Å². The Morgan fingerprint density at radius 2 is 2.30 bits per heavy atom. The highest BCUT2D eigenvalue weighted by atomic mass is 16.5. The van der Waals surface area contributed by atoms with Crippen LogP contribution in [0.3, 0.4) is 0 Å². The first-order chi connectivity index (χ1) is 13.0. The van der Waals surface area contributed by atoms with Crippen LogP contribution in [0.2, 0.25) is 0 Å². The van der Waals surface area contributed by atoms with E-state index in [0.717, 1.165) is 22.6 Å². The number of aryl methyl sites for hydroxylation is 1. The number of hydrogen-bond donors (Lipinski definition) is 2. The van der Waals surface area contributed by atoms with E-state index in [1.54, 1.807) is 18.1 Å². The van der Waals surface area contributed by atoms with Crippen LogP contribution >= 0.6 is 0 Å². The van der Waals surface area contributed by atoms with Crippen molar-refractivity contribution < 1.29 is 9.53 Å². The van der Waals surface area contributed by atoms with Crippen molar-refractivity contribution in [3.05, 3.63) is 59.9 Å². The number of amides is 1. The fraction of sp³-hybridized carbons (Fsp3) is 0.400. The fourth-order valence-corrected chi connectivity index (χ4v) is 3.38. The van der Waals surface area contributed by atoms with Gasteiger partial charge in [0.25, 0.3) is 0 Å². The van der Waals surface area contributed by atoms with Crippen LogP contribution in [-0.2, 0) is 18.4 Å². The van der Waals surface area contributed by atoms with Crippen molar-refractivity contribution in [1.82, 2.24) is 25.5 Å². The SMILES string of the molecule is C=CCN(Cc1cccc(OC)c1)C(=O)C1CC(c2cnn(C)c2C)NN1. The summed E-state index contributed by atoms with van der Waals surface area (Å²) in [6.07, 6.45) is 4.29. The number of hydrogen-bond acceptors (Lipinski definition) is 5. The first-order valence-corrected chi connectivity index (χ1v) is 9.05. The summed E-state index contributed by atoms with van der Waals surface area (Å²) in [5.41, 5.74) is 9.63. The van der Waals surface area contributed by atoms with Gasteiger partial charge in [-0.1, -0.05) is 18.2 Å². The summed E-state index contributed by atoms with van der Waals surface area (Å²) >= 11 is 0.